The SMILES string of the molecule is CCOCCN(C)C1(CCOc2cc(CC(=O)O)ccc2Cl)CCC/C(=C/c2ncc(-c3ccccc3)s2)CC1. The van der Waals surface area contributed by atoms with Crippen LogP contribution < -0.4 is 4.74 Å². The number of thiazole rings is 1. The largest absolute Gasteiger partial charge is 0.492 e. The molecule has 214 valence electrons. The Bertz CT molecular complexity index is 1280. The summed E-state index contributed by atoms with van der Waals surface area (Å²) in [5, 5.41) is 10.7. The molecule has 1 N–H and O–H groups in total. The number of ether oxygens (including phenoxy) is 2. The van der Waals surface area contributed by atoms with Crippen molar-refractivity contribution in [2.45, 2.75) is 57.4 Å². The number of hydrogen-bond donors (Lipinski definition) is 1. The number of benzene rings is 2. The predicted molar refractivity (Wildman–Crippen MR) is 163 cm³/mol. The maximum atomic E-state index is 11.2. The standard InChI is InChI=1S/C32H39ClN2O4S/c1-3-38-19-17-35(2)32(16-18-39-28-20-25(22-31(36)37)11-12-27(28)33)14-7-8-24(13-15-32)21-30-34-23-29(40-30)26-9-5-4-6-10-26/h4-6,9-12,20-21,23H,3,7-8,13-19,22H2,1-2H3,(H,36,37)/b24-21-. The van der Waals surface area contributed by atoms with Gasteiger partial charge < -0.3 is 14.6 Å². The Balaban J connectivity index is 1.45. The van der Waals surface area contributed by atoms with Crippen LogP contribution in [0.3, 0.4) is 0 Å². The predicted octanol–water partition coefficient (Wildman–Crippen LogP) is 7.61. The number of nitrogens with zero attached hydrogens (tertiary/aromatic N) is 2. The summed E-state index contributed by atoms with van der Waals surface area (Å²) in [5.74, 6) is -0.334. The van der Waals surface area contributed by atoms with Crippen LogP contribution in [-0.2, 0) is 16.0 Å². The smallest absolute Gasteiger partial charge is 0.307 e. The molecule has 0 aliphatic heterocycles. The van der Waals surface area contributed by atoms with Crippen molar-refractivity contribution in [1.82, 2.24) is 9.88 Å². The molecule has 0 bridgehead atoms. The van der Waals surface area contributed by atoms with E-state index in [1.165, 1.54) is 16.0 Å². The Morgan fingerprint density at radius 3 is 2.77 bits per heavy atom. The van der Waals surface area contributed by atoms with Crippen molar-refractivity contribution in [2.24, 2.45) is 0 Å². The quantitative estimate of drug-likeness (QED) is 0.165. The molecule has 3 aromatic rings. The van der Waals surface area contributed by atoms with E-state index < -0.39 is 5.97 Å². The first-order valence-corrected chi connectivity index (χ1v) is 15.2. The summed E-state index contributed by atoms with van der Waals surface area (Å²) < 4.78 is 11.9. The Kier molecular flexibility index (Phi) is 11.2. The lowest BCUT2D eigenvalue weighted by Crippen LogP contribution is -2.48. The molecule has 1 fully saturated rings. The average Bonchev–Trinajstić information content (AvgIpc) is 3.31. The zero-order valence-electron chi connectivity index (χ0n) is 23.4. The van der Waals surface area contributed by atoms with Crippen LogP contribution in [0.5, 0.6) is 5.75 Å². The lowest BCUT2D eigenvalue weighted by molar-refractivity contribution is -0.136. The van der Waals surface area contributed by atoms with Gasteiger partial charge >= 0.3 is 5.97 Å². The summed E-state index contributed by atoms with van der Waals surface area (Å²) in [4.78, 5) is 19.5. The number of hydrogen-bond acceptors (Lipinski definition) is 6. The maximum absolute atomic E-state index is 11.2. The van der Waals surface area contributed by atoms with Gasteiger partial charge in [-0.15, -0.1) is 11.3 Å². The number of aromatic nitrogens is 1. The normalized spacial score (nSPS) is 18.6. The Hall–Kier alpha value is -2.71. The molecule has 1 aliphatic carbocycles. The van der Waals surface area contributed by atoms with E-state index in [0.717, 1.165) is 50.1 Å². The summed E-state index contributed by atoms with van der Waals surface area (Å²) in [6.07, 6.45) is 10.3. The van der Waals surface area contributed by atoms with Crippen LogP contribution in [0.4, 0.5) is 0 Å². The second-order valence-electron chi connectivity index (χ2n) is 10.4. The molecule has 2 aromatic carbocycles. The highest BCUT2D eigenvalue weighted by molar-refractivity contribution is 7.15. The molecule has 1 aromatic heterocycles. The van der Waals surface area contributed by atoms with Crippen LogP contribution in [0.2, 0.25) is 5.02 Å². The monoisotopic (exact) mass is 582 g/mol. The molecule has 0 radical (unpaired) electrons. The molecular weight excluding hydrogens is 544 g/mol. The number of carbonyl (C=O) groups is 1. The maximum Gasteiger partial charge on any atom is 0.307 e. The van der Waals surface area contributed by atoms with Crippen LogP contribution in [0.1, 0.15) is 56.0 Å². The van der Waals surface area contributed by atoms with E-state index in [2.05, 4.69) is 42.3 Å². The van der Waals surface area contributed by atoms with Crippen LogP contribution in [0, 0.1) is 0 Å². The summed E-state index contributed by atoms with van der Waals surface area (Å²) in [5.41, 5.74) is 3.29. The molecule has 1 atom stereocenters. The molecule has 0 saturated heterocycles. The Morgan fingerprint density at radius 1 is 1.18 bits per heavy atom. The van der Waals surface area contributed by atoms with Gasteiger partial charge in [-0.2, -0.15) is 0 Å². The van der Waals surface area contributed by atoms with Crippen molar-refractivity contribution in [3.63, 3.8) is 0 Å². The van der Waals surface area contributed by atoms with Crippen molar-refractivity contribution in [3.05, 3.63) is 75.9 Å². The number of halogens is 1. The highest BCUT2D eigenvalue weighted by Crippen LogP contribution is 2.38. The van der Waals surface area contributed by atoms with E-state index in [4.69, 9.17) is 31.2 Å². The molecule has 0 amide bonds. The number of carboxylic acid groups (broad SMARTS) is 1. The molecule has 1 unspecified atom stereocenters. The molecule has 1 heterocycles. The van der Waals surface area contributed by atoms with Crippen molar-refractivity contribution in [1.29, 1.82) is 0 Å². The van der Waals surface area contributed by atoms with E-state index in [9.17, 15) is 4.79 Å². The fraction of sp³-hybridized carbons (Fsp3) is 0.438. The second kappa shape index (κ2) is 14.8. The molecule has 1 aliphatic rings. The Morgan fingerprint density at radius 2 is 2.00 bits per heavy atom. The Labute approximate surface area is 246 Å². The molecular formula is C32H39ClN2O4S. The number of rotatable bonds is 13. The van der Waals surface area contributed by atoms with Gasteiger partial charge in [0.15, 0.2) is 0 Å². The molecule has 6 nitrogen and oxygen atoms in total. The summed E-state index contributed by atoms with van der Waals surface area (Å²) in [7, 11) is 2.20. The first-order chi connectivity index (χ1) is 19.4. The van der Waals surface area contributed by atoms with Gasteiger partial charge in [0.25, 0.3) is 0 Å². The third kappa shape index (κ3) is 8.40. The van der Waals surface area contributed by atoms with Crippen molar-refractivity contribution in [2.75, 3.05) is 33.4 Å². The fourth-order valence-corrected chi connectivity index (χ4v) is 6.48. The first kappa shape index (κ1) is 30.3. The molecule has 8 heteroatoms. The first-order valence-electron chi connectivity index (χ1n) is 14.0. The van der Waals surface area contributed by atoms with Gasteiger partial charge in [0.2, 0.25) is 0 Å². The van der Waals surface area contributed by atoms with Gasteiger partial charge in [0.05, 0.1) is 29.5 Å². The lowest BCUT2D eigenvalue weighted by atomic mass is 9.85. The van der Waals surface area contributed by atoms with E-state index in [-0.39, 0.29) is 12.0 Å². The molecule has 4 rings (SSSR count). The van der Waals surface area contributed by atoms with Crippen molar-refractivity contribution in [3.8, 4) is 16.2 Å². The highest BCUT2D eigenvalue weighted by Gasteiger charge is 2.35. The van der Waals surface area contributed by atoms with Crippen molar-refractivity contribution >= 4 is 35.0 Å². The zero-order valence-corrected chi connectivity index (χ0v) is 25.0. The minimum Gasteiger partial charge on any atom is -0.492 e. The van der Waals surface area contributed by atoms with Gasteiger partial charge in [0.1, 0.15) is 10.8 Å². The van der Waals surface area contributed by atoms with E-state index in [1.54, 1.807) is 29.5 Å². The third-order valence-corrected chi connectivity index (χ3v) is 9.03. The number of allylic oxidation sites excluding steroid dienone is 1. The van der Waals surface area contributed by atoms with E-state index in [1.807, 2.05) is 19.2 Å². The third-order valence-electron chi connectivity index (χ3n) is 7.72. The van der Waals surface area contributed by atoms with Crippen LogP contribution in [-0.4, -0.2) is 59.9 Å². The van der Waals surface area contributed by atoms with Crippen LogP contribution in [0.25, 0.3) is 16.5 Å². The topological polar surface area (TPSA) is 71.9 Å². The van der Waals surface area contributed by atoms with Gasteiger partial charge in [-0.05, 0) is 81.8 Å². The van der Waals surface area contributed by atoms with E-state index >= 15 is 0 Å². The summed E-state index contributed by atoms with van der Waals surface area (Å²) in [6, 6.07) is 15.6. The van der Waals surface area contributed by atoms with Gasteiger partial charge in [-0.25, -0.2) is 4.98 Å². The van der Waals surface area contributed by atoms with Gasteiger partial charge in [0, 0.05) is 24.9 Å². The minimum atomic E-state index is -0.875. The second-order valence-corrected chi connectivity index (χ2v) is 11.8. The van der Waals surface area contributed by atoms with Crippen LogP contribution >= 0.6 is 22.9 Å². The number of likely N-dealkylation sites (N-methyl/N-ethyl adjacent to an activating group) is 1. The molecule has 1 saturated carbocycles. The summed E-state index contributed by atoms with van der Waals surface area (Å²) in [6.45, 7) is 4.79. The summed E-state index contributed by atoms with van der Waals surface area (Å²) >= 11 is 8.13. The number of aliphatic carboxylic acids is 1. The number of carboxylic acids is 1. The van der Waals surface area contributed by atoms with Crippen LogP contribution in [0.15, 0.2) is 60.3 Å². The van der Waals surface area contributed by atoms with Gasteiger partial charge in [-0.1, -0.05) is 53.6 Å². The van der Waals surface area contributed by atoms with Crippen molar-refractivity contribution < 1.29 is 19.4 Å². The molecule has 0 spiro atoms. The zero-order chi connectivity index (χ0) is 28.4. The fourth-order valence-electron chi connectivity index (χ4n) is 5.40. The highest BCUT2D eigenvalue weighted by atomic mass is 35.5. The van der Waals surface area contributed by atoms with E-state index in [0.29, 0.717) is 36.2 Å². The minimum absolute atomic E-state index is 0.0318. The lowest BCUT2D eigenvalue weighted by Gasteiger charge is -2.42. The average molecular weight is 583 g/mol. The van der Waals surface area contributed by atoms with Gasteiger partial charge in [-0.3, -0.25) is 9.69 Å². The molecule has 40 heavy (non-hydrogen) atoms.